The van der Waals surface area contributed by atoms with Crippen molar-refractivity contribution in [3.8, 4) is 0 Å². The summed E-state index contributed by atoms with van der Waals surface area (Å²) in [5, 5.41) is 0. The van der Waals surface area contributed by atoms with Crippen molar-refractivity contribution in [2.45, 2.75) is 52.9 Å². The summed E-state index contributed by atoms with van der Waals surface area (Å²) in [6.07, 6.45) is 10.7. The first-order valence-corrected chi connectivity index (χ1v) is 7.73. The average molecular weight is 316 g/mol. The second kappa shape index (κ2) is 8.92. The van der Waals surface area contributed by atoms with Crippen LogP contribution < -0.4 is 0 Å². The summed E-state index contributed by atoms with van der Waals surface area (Å²) in [6, 6.07) is 0. The molecular formula is C17H28N6. The Bertz CT molecular complexity index is 601. The van der Waals surface area contributed by atoms with Crippen molar-refractivity contribution < 1.29 is 0 Å². The molecule has 0 aliphatic heterocycles. The highest BCUT2D eigenvalue weighted by molar-refractivity contribution is 5.07. The molecule has 0 spiro atoms. The predicted molar refractivity (Wildman–Crippen MR) is 93.3 cm³/mol. The van der Waals surface area contributed by atoms with E-state index >= 15 is 0 Å². The van der Waals surface area contributed by atoms with E-state index in [9.17, 15) is 0 Å². The van der Waals surface area contributed by atoms with Crippen LogP contribution in [0.25, 0.3) is 0 Å². The fourth-order valence-corrected chi connectivity index (χ4v) is 1.59. The van der Waals surface area contributed by atoms with Gasteiger partial charge < -0.3 is 15.0 Å². The van der Waals surface area contributed by atoms with Crippen molar-refractivity contribution in [3.63, 3.8) is 0 Å². The van der Waals surface area contributed by atoms with Crippen LogP contribution in [0.4, 0.5) is 0 Å². The fraction of sp³-hybridized carbons (Fsp3) is 0.471. The fourth-order valence-electron chi connectivity index (χ4n) is 1.59. The molecule has 0 aliphatic rings. The smallest absolute Gasteiger partial charge is 0.102 e. The zero-order chi connectivity index (χ0) is 17.3. The van der Waals surface area contributed by atoms with Crippen LogP contribution in [-0.4, -0.2) is 29.9 Å². The molecule has 0 fully saturated rings. The van der Waals surface area contributed by atoms with Crippen molar-refractivity contribution in [3.05, 3.63) is 54.7 Å². The average Bonchev–Trinajstić information content (AvgIpc) is 3.23. The Hall–Kier alpha value is -2.37. The van der Waals surface area contributed by atoms with Crippen molar-refractivity contribution in [2.75, 3.05) is 0 Å². The van der Waals surface area contributed by atoms with E-state index in [0.29, 0.717) is 5.92 Å². The van der Waals surface area contributed by atoms with Crippen LogP contribution in [0.3, 0.4) is 0 Å². The van der Waals surface area contributed by atoms with E-state index in [-0.39, 0.29) is 5.41 Å². The van der Waals surface area contributed by atoms with E-state index in [1.165, 1.54) is 11.4 Å². The molecule has 0 atom stereocenters. The van der Waals surface area contributed by atoms with Gasteiger partial charge in [-0.25, -0.2) is 15.0 Å². The van der Waals surface area contributed by atoms with Gasteiger partial charge in [-0.2, -0.15) is 0 Å². The Morgan fingerprint density at radius 1 is 0.957 bits per heavy atom. The molecule has 0 aliphatic carbocycles. The molecule has 3 heterocycles. The lowest BCUT2D eigenvalue weighted by Gasteiger charge is -2.14. The molecule has 0 bridgehead atoms. The van der Waals surface area contributed by atoms with Crippen LogP contribution in [0.2, 0.25) is 0 Å². The van der Waals surface area contributed by atoms with Gasteiger partial charge in [0.15, 0.2) is 0 Å². The summed E-state index contributed by atoms with van der Waals surface area (Å²) in [5.41, 5.74) is 2.59. The number of aromatic amines is 3. The molecule has 0 radical (unpaired) electrons. The largest absolute Gasteiger partial charge is 0.349 e. The monoisotopic (exact) mass is 316 g/mol. The third-order valence-corrected chi connectivity index (χ3v) is 3.08. The number of aryl methyl sites for hydroxylation is 1. The second-order valence-electron chi connectivity index (χ2n) is 6.55. The molecule has 0 saturated heterocycles. The number of nitrogens with zero attached hydrogens (tertiary/aromatic N) is 3. The van der Waals surface area contributed by atoms with E-state index in [2.05, 4.69) is 64.5 Å². The minimum absolute atomic E-state index is 0.205. The van der Waals surface area contributed by atoms with Crippen LogP contribution in [0.1, 0.15) is 57.7 Å². The van der Waals surface area contributed by atoms with E-state index in [1.807, 2.05) is 19.3 Å². The summed E-state index contributed by atoms with van der Waals surface area (Å²) in [5.74, 6) is 1.53. The van der Waals surface area contributed by atoms with Crippen molar-refractivity contribution in [1.29, 1.82) is 0 Å². The maximum Gasteiger partial charge on any atom is 0.102 e. The lowest BCUT2D eigenvalue weighted by atomic mass is 9.93. The number of aromatic nitrogens is 6. The van der Waals surface area contributed by atoms with Gasteiger partial charge in [0.1, 0.15) is 5.82 Å². The van der Waals surface area contributed by atoms with Gasteiger partial charge in [-0.05, 0) is 12.8 Å². The highest BCUT2D eigenvalue weighted by Crippen LogP contribution is 2.17. The summed E-state index contributed by atoms with van der Waals surface area (Å²) in [7, 11) is 0. The molecule has 3 rings (SSSR count). The van der Waals surface area contributed by atoms with E-state index in [1.54, 1.807) is 25.0 Å². The van der Waals surface area contributed by atoms with E-state index in [0.717, 1.165) is 5.82 Å². The molecule has 6 heteroatoms. The van der Waals surface area contributed by atoms with Gasteiger partial charge >= 0.3 is 0 Å². The van der Waals surface area contributed by atoms with Crippen molar-refractivity contribution in [1.82, 2.24) is 29.9 Å². The van der Waals surface area contributed by atoms with Gasteiger partial charge in [-0.3, -0.25) is 0 Å². The number of hydrogen-bond acceptors (Lipinski definition) is 3. The van der Waals surface area contributed by atoms with Crippen molar-refractivity contribution >= 4 is 0 Å². The Morgan fingerprint density at radius 3 is 1.83 bits per heavy atom. The van der Waals surface area contributed by atoms with Crippen LogP contribution in [0.15, 0.2) is 37.4 Å². The van der Waals surface area contributed by atoms with Crippen LogP contribution in [0.5, 0.6) is 0 Å². The predicted octanol–water partition coefficient (Wildman–Crippen LogP) is 3.96. The standard InChI is InChI=1S/C7H12N2.C6H10N2.C4H6N2/c1-7(2,3)6-4-8-5-9-6;1-5(2)6-3-7-4-8-6;1-4-5-2-3-6-4/h4-5H,1-3H3,(H,8,9);3-5H,1-2H3,(H,7,8);2-3H,1H3,(H,5,6). The minimum atomic E-state index is 0.205. The normalized spacial score (nSPS) is 10.6. The Labute approximate surface area is 138 Å². The summed E-state index contributed by atoms with van der Waals surface area (Å²) < 4.78 is 0. The molecule has 0 aromatic carbocycles. The Kier molecular flexibility index (Phi) is 7.25. The first kappa shape index (κ1) is 18.7. The van der Waals surface area contributed by atoms with Gasteiger partial charge in [-0.1, -0.05) is 34.6 Å². The van der Waals surface area contributed by atoms with Gasteiger partial charge in [0.05, 0.1) is 12.7 Å². The molecule has 0 saturated carbocycles. The van der Waals surface area contributed by atoms with Gasteiger partial charge in [0.25, 0.3) is 0 Å². The van der Waals surface area contributed by atoms with E-state index in [4.69, 9.17) is 0 Å². The number of hydrogen-bond donors (Lipinski definition) is 3. The third-order valence-electron chi connectivity index (χ3n) is 3.08. The summed E-state index contributed by atoms with van der Waals surface area (Å²) in [4.78, 5) is 20.7. The molecule has 6 nitrogen and oxygen atoms in total. The Balaban J connectivity index is 0.000000176. The Morgan fingerprint density at radius 2 is 1.61 bits per heavy atom. The highest BCUT2D eigenvalue weighted by atomic mass is 14.9. The molecule has 0 unspecified atom stereocenters. The zero-order valence-electron chi connectivity index (χ0n) is 14.9. The van der Waals surface area contributed by atoms with Gasteiger partial charge in [-0.15, -0.1) is 0 Å². The van der Waals surface area contributed by atoms with Gasteiger partial charge in [0.2, 0.25) is 0 Å². The first-order chi connectivity index (χ1) is 10.8. The lowest BCUT2D eigenvalue weighted by Crippen LogP contribution is -2.10. The molecule has 23 heavy (non-hydrogen) atoms. The molecule has 3 aromatic rings. The number of rotatable bonds is 1. The minimum Gasteiger partial charge on any atom is -0.349 e. The zero-order valence-corrected chi connectivity index (χ0v) is 14.9. The van der Waals surface area contributed by atoms with Gasteiger partial charge in [0, 0.05) is 41.6 Å². The molecule has 126 valence electrons. The van der Waals surface area contributed by atoms with E-state index < -0.39 is 0 Å². The number of imidazole rings is 3. The lowest BCUT2D eigenvalue weighted by molar-refractivity contribution is 0.572. The molecule has 3 aromatic heterocycles. The SMILES string of the molecule is CC(C)(C)c1cnc[nH]1.CC(C)c1cnc[nH]1.Cc1ncc[nH]1. The topological polar surface area (TPSA) is 86.0 Å². The third kappa shape index (κ3) is 7.44. The summed E-state index contributed by atoms with van der Waals surface area (Å²) >= 11 is 0. The van der Waals surface area contributed by atoms with Crippen LogP contribution in [0, 0.1) is 6.92 Å². The number of H-pyrrole nitrogens is 3. The highest BCUT2D eigenvalue weighted by Gasteiger charge is 2.13. The molecule has 0 amide bonds. The quantitative estimate of drug-likeness (QED) is 0.635. The molecule has 3 N–H and O–H groups in total. The van der Waals surface area contributed by atoms with Crippen LogP contribution >= 0.6 is 0 Å². The second-order valence-corrected chi connectivity index (χ2v) is 6.55. The number of nitrogens with one attached hydrogen (secondary N) is 3. The maximum absolute atomic E-state index is 3.93. The van der Waals surface area contributed by atoms with Crippen molar-refractivity contribution in [2.24, 2.45) is 0 Å². The van der Waals surface area contributed by atoms with Crippen LogP contribution in [-0.2, 0) is 5.41 Å². The summed E-state index contributed by atoms with van der Waals surface area (Å²) in [6.45, 7) is 12.6. The molecular weight excluding hydrogens is 288 g/mol. The first-order valence-electron chi connectivity index (χ1n) is 7.73. The maximum atomic E-state index is 3.93.